The van der Waals surface area contributed by atoms with Crippen molar-refractivity contribution in [3.63, 3.8) is 0 Å². The molecule has 1 atom stereocenters. The number of hydrogen-bond acceptors (Lipinski definition) is 4. The zero-order valence-electron chi connectivity index (χ0n) is 12.7. The summed E-state index contributed by atoms with van der Waals surface area (Å²) in [6.07, 6.45) is 9.13. The standard InChI is InChI=1S/C17H23N3O/c1-3-4-7-16(15-6-5-10-18-13-15)19-11-14-8-9-17(21-2)20-12-14/h5-6,8-10,12-13,16,19H,3-4,7,11H2,1-2H3. The van der Waals surface area contributed by atoms with Crippen LogP contribution in [0.3, 0.4) is 0 Å². The quantitative estimate of drug-likeness (QED) is 0.806. The summed E-state index contributed by atoms with van der Waals surface area (Å²) in [4.78, 5) is 8.46. The van der Waals surface area contributed by atoms with E-state index in [4.69, 9.17) is 4.74 Å². The third-order valence-corrected chi connectivity index (χ3v) is 3.49. The predicted octanol–water partition coefficient (Wildman–Crippen LogP) is 3.51. The Morgan fingerprint density at radius 3 is 2.76 bits per heavy atom. The number of aromatic nitrogens is 2. The summed E-state index contributed by atoms with van der Waals surface area (Å²) in [5, 5.41) is 3.60. The van der Waals surface area contributed by atoms with Gasteiger partial charge in [-0.15, -0.1) is 0 Å². The van der Waals surface area contributed by atoms with Crippen LogP contribution in [0.5, 0.6) is 5.88 Å². The number of hydrogen-bond donors (Lipinski definition) is 1. The van der Waals surface area contributed by atoms with Crippen LogP contribution in [0.15, 0.2) is 42.9 Å². The summed E-state index contributed by atoms with van der Waals surface area (Å²) in [5.74, 6) is 0.647. The number of unbranched alkanes of at least 4 members (excludes halogenated alkanes) is 1. The number of pyridine rings is 2. The minimum Gasteiger partial charge on any atom is -0.481 e. The van der Waals surface area contributed by atoms with Gasteiger partial charge in [0.25, 0.3) is 0 Å². The fourth-order valence-electron chi connectivity index (χ4n) is 2.25. The van der Waals surface area contributed by atoms with Crippen LogP contribution in [0.4, 0.5) is 0 Å². The van der Waals surface area contributed by atoms with Crippen LogP contribution in [0.1, 0.15) is 43.4 Å². The molecular weight excluding hydrogens is 262 g/mol. The summed E-state index contributed by atoms with van der Waals surface area (Å²) in [6.45, 7) is 3.01. The number of nitrogens with one attached hydrogen (secondary N) is 1. The van der Waals surface area contributed by atoms with Crippen LogP contribution in [0.2, 0.25) is 0 Å². The molecule has 0 aliphatic carbocycles. The van der Waals surface area contributed by atoms with Gasteiger partial charge in [-0.25, -0.2) is 4.98 Å². The molecule has 0 saturated heterocycles. The van der Waals surface area contributed by atoms with Crippen molar-refractivity contribution in [3.8, 4) is 5.88 Å². The summed E-state index contributed by atoms with van der Waals surface area (Å²) in [6, 6.07) is 8.39. The largest absolute Gasteiger partial charge is 0.481 e. The molecule has 2 aromatic heterocycles. The molecule has 4 heteroatoms. The van der Waals surface area contributed by atoms with Crippen LogP contribution in [0, 0.1) is 0 Å². The van der Waals surface area contributed by atoms with Gasteiger partial charge in [-0.2, -0.15) is 0 Å². The Kier molecular flexibility index (Phi) is 6.16. The minimum absolute atomic E-state index is 0.334. The van der Waals surface area contributed by atoms with E-state index in [1.807, 2.05) is 36.8 Å². The van der Waals surface area contributed by atoms with Crippen LogP contribution < -0.4 is 10.1 Å². The van der Waals surface area contributed by atoms with Gasteiger partial charge in [0, 0.05) is 37.2 Å². The van der Waals surface area contributed by atoms with Gasteiger partial charge in [0.15, 0.2) is 0 Å². The summed E-state index contributed by atoms with van der Waals surface area (Å²) < 4.78 is 5.08. The number of methoxy groups -OCH3 is 1. The molecule has 0 aliphatic heterocycles. The average Bonchev–Trinajstić information content (AvgIpc) is 2.56. The van der Waals surface area contributed by atoms with Gasteiger partial charge in [-0.1, -0.05) is 31.9 Å². The molecule has 0 aliphatic rings. The highest BCUT2D eigenvalue weighted by Gasteiger charge is 2.10. The molecule has 4 nitrogen and oxygen atoms in total. The van der Waals surface area contributed by atoms with Crippen molar-refractivity contribution < 1.29 is 4.74 Å². The maximum atomic E-state index is 5.08. The zero-order valence-corrected chi connectivity index (χ0v) is 12.7. The topological polar surface area (TPSA) is 47.0 Å². The molecule has 1 N–H and O–H groups in total. The smallest absolute Gasteiger partial charge is 0.212 e. The van der Waals surface area contributed by atoms with Crippen molar-refractivity contribution in [1.29, 1.82) is 0 Å². The summed E-state index contributed by atoms with van der Waals surface area (Å²) >= 11 is 0. The molecule has 0 bridgehead atoms. The van der Waals surface area contributed by atoms with E-state index in [0.29, 0.717) is 11.9 Å². The Bertz CT molecular complexity index is 513. The average molecular weight is 285 g/mol. The second-order valence-electron chi connectivity index (χ2n) is 5.07. The molecule has 0 amide bonds. The van der Waals surface area contributed by atoms with Gasteiger partial charge >= 0.3 is 0 Å². The van der Waals surface area contributed by atoms with E-state index in [0.717, 1.165) is 18.5 Å². The van der Waals surface area contributed by atoms with Crippen molar-refractivity contribution in [2.45, 2.75) is 38.8 Å². The van der Waals surface area contributed by atoms with Crippen molar-refractivity contribution in [2.75, 3.05) is 7.11 Å². The van der Waals surface area contributed by atoms with Gasteiger partial charge in [0.1, 0.15) is 0 Å². The van der Waals surface area contributed by atoms with E-state index in [1.165, 1.54) is 18.4 Å². The van der Waals surface area contributed by atoms with Gasteiger partial charge in [0.05, 0.1) is 7.11 Å². The fourth-order valence-corrected chi connectivity index (χ4v) is 2.25. The highest BCUT2D eigenvalue weighted by molar-refractivity contribution is 5.19. The van der Waals surface area contributed by atoms with Crippen LogP contribution in [-0.2, 0) is 6.54 Å². The van der Waals surface area contributed by atoms with Gasteiger partial charge in [-0.3, -0.25) is 4.98 Å². The SMILES string of the molecule is CCCCC(NCc1ccc(OC)nc1)c1cccnc1. The number of nitrogens with zero attached hydrogens (tertiary/aromatic N) is 2. The third kappa shape index (κ3) is 4.83. The van der Waals surface area contributed by atoms with E-state index in [-0.39, 0.29) is 0 Å². The lowest BCUT2D eigenvalue weighted by Gasteiger charge is -2.18. The molecule has 0 aromatic carbocycles. The molecule has 1 unspecified atom stereocenters. The first-order valence-corrected chi connectivity index (χ1v) is 7.45. The van der Waals surface area contributed by atoms with Crippen molar-refractivity contribution in [2.24, 2.45) is 0 Å². The molecule has 0 spiro atoms. The van der Waals surface area contributed by atoms with E-state index in [9.17, 15) is 0 Å². The second-order valence-corrected chi connectivity index (χ2v) is 5.07. The monoisotopic (exact) mass is 285 g/mol. The van der Waals surface area contributed by atoms with Crippen LogP contribution >= 0.6 is 0 Å². The predicted molar refractivity (Wildman–Crippen MR) is 84.1 cm³/mol. The van der Waals surface area contributed by atoms with E-state index >= 15 is 0 Å². The molecule has 2 aromatic rings. The van der Waals surface area contributed by atoms with Crippen LogP contribution in [-0.4, -0.2) is 17.1 Å². The highest BCUT2D eigenvalue weighted by Crippen LogP contribution is 2.19. The summed E-state index contributed by atoms with van der Waals surface area (Å²) in [7, 11) is 1.63. The number of rotatable bonds is 8. The minimum atomic E-state index is 0.334. The zero-order chi connectivity index (χ0) is 14.9. The highest BCUT2D eigenvalue weighted by atomic mass is 16.5. The first-order chi connectivity index (χ1) is 10.3. The molecule has 2 rings (SSSR count). The van der Waals surface area contributed by atoms with E-state index < -0.39 is 0 Å². The summed E-state index contributed by atoms with van der Waals surface area (Å²) in [5.41, 5.74) is 2.40. The molecule has 112 valence electrons. The Hall–Kier alpha value is -1.94. The van der Waals surface area contributed by atoms with Crippen molar-refractivity contribution in [3.05, 3.63) is 54.0 Å². The second kappa shape index (κ2) is 8.37. The molecule has 2 heterocycles. The van der Waals surface area contributed by atoms with E-state index in [1.54, 1.807) is 7.11 Å². The first-order valence-electron chi connectivity index (χ1n) is 7.45. The Morgan fingerprint density at radius 1 is 1.24 bits per heavy atom. The van der Waals surface area contributed by atoms with Gasteiger partial charge in [0.2, 0.25) is 5.88 Å². The maximum Gasteiger partial charge on any atom is 0.212 e. The lowest BCUT2D eigenvalue weighted by atomic mass is 10.0. The van der Waals surface area contributed by atoms with Crippen molar-refractivity contribution in [1.82, 2.24) is 15.3 Å². The maximum absolute atomic E-state index is 5.08. The van der Waals surface area contributed by atoms with E-state index in [2.05, 4.69) is 28.3 Å². The first kappa shape index (κ1) is 15.4. The molecule has 0 fully saturated rings. The number of ether oxygens (including phenoxy) is 1. The molecule has 0 radical (unpaired) electrons. The normalized spacial score (nSPS) is 12.1. The Morgan fingerprint density at radius 2 is 2.14 bits per heavy atom. The lowest BCUT2D eigenvalue weighted by molar-refractivity contribution is 0.397. The van der Waals surface area contributed by atoms with Gasteiger partial charge in [-0.05, 0) is 23.6 Å². The van der Waals surface area contributed by atoms with Crippen LogP contribution in [0.25, 0.3) is 0 Å². The fraction of sp³-hybridized carbons (Fsp3) is 0.412. The molecular formula is C17H23N3O. The van der Waals surface area contributed by atoms with Gasteiger partial charge < -0.3 is 10.1 Å². The molecule has 21 heavy (non-hydrogen) atoms. The Labute approximate surface area is 126 Å². The van der Waals surface area contributed by atoms with Crippen molar-refractivity contribution >= 4 is 0 Å². The lowest BCUT2D eigenvalue weighted by Crippen LogP contribution is -2.21. The third-order valence-electron chi connectivity index (χ3n) is 3.49. The Balaban J connectivity index is 1.97. The molecule has 0 saturated carbocycles.